The van der Waals surface area contributed by atoms with Crippen LogP contribution in [0.1, 0.15) is 68.8 Å². The van der Waals surface area contributed by atoms with E-state index in [9.17, 15) is 9.90 Å². The molecular formula is C22H29N5O2. The summed E-state index contributed by atoms with van der Waals surface area (Å²) in [4.78, 5) is 28.1. The highest BCUT2D eigenvalue weighted by Gasteiger charge is 2.37. The van der Waals surface area contributed by atoms with E-state index in [0.717, 1.165) is 68.6 Å². The van der Waals surface area contributed by atoms with Crippen molar-refractivity contribution in [3.63, 3.8) is 0 Å². The van der Waals surface area contributed by atoms with Crippen LogP contribution in [0.15, 0.2) is 30.7 Å². The van der Waals surface area contributed by atoms with E-state index in [2.05, 4.69) is 15.3 Å². The molecule has 1 unspecified atom stereocenters. The first-order valence-electron chi connectivity index (χ1n) is 10.6. The van der Waals surface area contributed by atoms with Crippen molar-refractivity contribution in [2.45, 2.75) is 69.9 Å². The Balaban J connectivity index is 1.51. The van der Waals surface area contributed by atoms with E-state index in [0.29, 0.717) is 5.82 Å². The van der Waals surface area contributed by atoms with Crippen molar-refractivity contribution in [3.05, 3.63) is 42.1 Å². The molecule has 1 saturated carbocycles. The molecule has 1 aliphatic heterocycles. The maximum atomic E-state index is 13.1. The molecule has 2 N–H and O–H groups in total. The third kappa shape index (κ3) is 4.72. The Morgan fingerprint density at radius 3 is 2.83 bits per heavy atom. The zero-order valence-corrected chi connectivity index (χ0v) is 17.0. The van der Waals surface area contributed by atoms with Gasteiger partial charge in [-0.05, 0) is 44.7 Å². The fourth-order valence-corrected chi connectivity index (χ4v) is 4.59. The Hall–Kier alpha value is -2.54. The molecule has 1 atom stereocenters. The van der Waals surface area contributed by atoms with Crippen LogP contribution in [0.25, 0.3) is 0 Å². The second-order valence-electron chi connectivity index (χ2n) is 8.34. The maximum absolute atomic E-state index is 13.1. The normalized spacial score (nSPS) is 21.2. The zero-order chi connectivity index (χ0) is 20.3. The number of carbonyl (C=O) groups excluding carboxylic acids is 1. The monoisotopic (exact) mass is 395 g/mol. The van der Waals surface area contributed by atoms with Gasteiger partial charge in [0.2, 0.25) is 5.91 Å². The van der Waals surface area contributed by atoms with E-state index in [1.165, 1.54) is 0 Å². The standard InChI is InChI=1S/C22H29N5O2/c1-16-12-17(26-20-15-23-9-10-24-20)13-18(25-16)19-6-5-11-27(19)21(28)14-22(29)7-3-2-4-8-22/h9-10,12-13,15,19,29H,2-8,11,14H2,1H3,(H,24,25,26). The van der Waals surface area contributed by atoms with E-state index in [-0.39, 0.29) is 18.4 Å². The molecule has 2 aromatic rings. The van der Waals surface area contributed by atoms with Gasteiger partial charge in [-0.15, -0.1) is 0 Å². The van der Waals surface area contributed by atoms with Gasteiger partial charge in [0, 0.05) is 30.3 Å². The first kappa shape index (κ1) is 19.8. The molecule has 1 aliphatic carbocycles. The highest BCUT2D eigenvalue weighted by Crippen LogP contribution is 2.36. The lowest BCUT2D eigenvalue weighted by atomic mass is 9.82. The van der Waals surface area contributed by atoms with Crippen LogP contribution in [0.3, 0.4) is 0 Å². The Kier molecular flexibility index (Phi) is 5.76. The number of nitrogens with one attached hydrogen (secondary N) is 1. The zero-order valence-electron chi connectivity index (χ0n) is 17.0. The second-order valence-corrected chi connectivity index (χ2v) is 8.34. The molecule has 1 saturated heterocycles. The third-order valence-corrected chi connectivity index (χ3v) is 5.99. The van der Waals surface area contributed by atoms with Gasteiger partial charge in [-0.1, -0.05) is 19.3 Å². The Morgan fingerprint density at radius 1 is 1.24 bits per heavy atom. The highest BCUT2D eigenvalue weighted by atomic mass is 16.3. The summed E-state index contributed by atoms with van der Waals surface area (Å²) in [7, 11) is 0. The van der Waals surface area contributed by atoms with Crippen LogP contribution in [0, 0.1) is 6.92 Å². The summed E-state index contributed by atoms with van der Waals surface area (Å²) >= 11 is 0. The summed E-state index contributed by atoms with van der Waals surface area (Å²) in [5, 5.41) is 14.1. The van der Waals surface area contributed by atoms with Gasteiger partial charge < -0.3 is 15.3 Å². The SMILES string of the molecule is Cc1cc(Nc2cnccn2)cc(C2CCCN2C(=O)CC2(O)CCCCC2)n1. The van der Waals surface area contributed by atoms with Crippen LogP contribution in [0.5, 0.6) is 0 Å². The number of likely N-dealkylation sites (tertiary alicyclic amines) is 1. The average Bonchev–Trinajstić information content (AvgIpc) is 3.19. The number of pyridine rings is 1. The van der Waals surface area contributed by atoms with Gasteiger partial charge in [0.25, 0.3) is 0 Å². The van der Waals surface area contributed by atoms with Crippen molar-refractivity contribution in [3.8, 4) is 0 Å². The van der Waals surface area contributed by atoms with Gasteiger partial charge in [-0.3, -0.25) is 14.8 Å². The minimum atomic E-state index is -0.832. The van der Waals surface area contributed by atoms with Crippen LogP contribution in [-0.4, -0.2) is 43.0 Å². The third-order valence-electron chi connectivity index (χ3n) is 5.99. The van der Waals surface area contributed by atoms with Crippen LogP contribution in [0.4, 0.5) is 11.5 Å². The lowest BCUT2D eigenvalue weighted by Crippen LogP contribution is -2.40. The number of carbonyl (C=O) groups is 1. The summed E-state index contributed by atoms with van der Waals surface area (Å²) in [6.07, 6.45) is 11.6. The van der Waals surface area contributed by atoms with E-state index >= 15 is 0 Å². The maximum Gasteiger partial charge on any atom is 0.226 e. The van der Waals surface area contributed by atoms with Gasteiger partial charge in [-0.2, -0.15) is 0 Å². The van der Waals surface area contributed by atoms with Crippen molar-refractivity contribution >= 4 is 17.4 Å². The van der Waals surface area contributed by atoms with Crippen LogP contribution in [-0.2, 0) is 4.79 Å². The molecule has 7 heteroatoms. The smallest absolute Gasteiger partial charge is 0.226 e. The van der Waals surface area contributed by atoms with Crippen LogP contribution >= 0.6 is 0 Å². The van der Waals surface area contributed by atoms with Gasteiger partial charge in [0.1, 0.15) is 5.82 Å². The number of aliphatic hydroxyl groups is 1. The predicted molar refractivity (Wildman–Crippen MR) is 111 cm³/mol. The summed E-state index contributed by atoms with van der Waals surface area (Å²) in [6.45, 7) is 2.68. The molecule has 1 amide bonds. The largest absolute Gasteiger partial charge is 0.389 e. The quantitative estimate of drug-likeness (QED) is 0.803. The number of hydrogen-bond acceptors (Lipinski definition) is 6. The lowest BCUT2D eigenvalue weighted by molar-refractivity contribution is -0.138. The van der Waals surface area contributed by atoms with Crippen LogP contribution < -0.4 is 5.32 Å². The summed E-state index contributed by atoms with van der Waals surface area (Å²) in [6, 6.07) is 3.91. The lowest BCUT2D eigenvalue weighted by Gasteiger charge is -2.34. The Bertz CT molecular complexity index is 852. The molecule has 3 heterocycles. The molecule has 4 rings (SSSR count). The summed E-state index contributed by atoms with van der Waals surface area (Å²) in [5.74, 6) is 0.714. The Labute approximate surface area is 171 Å². The topological polar surface area (TPSA) is 91.2 Å². The second kappa shape index (κ2) is 8.45. The van der Waals surface area contributed by atoms with Crippen molar-refractivity contribution in [1.82, 2.24) is 19.9 Å². The van der Waals surface area contributed by atoms with Crippen molar-refractivity contribution in [2.24, 2.45) is 0 Å². The molecule has 0 aromatic carbocycles. The molecular weight excluding hydrogens is 366 g/mol. The van der Waals surface area contributed by atoms with E-state index in [4.69, 9.17) is 4.98 Å². The number of rotatable bonds is 5. The Morgan fingerprint density at radius 2 is 2.07 bits per heavy atom. The number of nitrogens with zero attached hydrogens (tertiary/aromatic N) is 4. The van der Waals surface area contributed by atoms with E-state index in [1.807, 2.05) is 24.0 Å². The molecule has 2 aromatic heterocycles. The number of anilines is 2. The fraction of sp³-hybridized carbons (Fsp3) is 0.545. The molecule has 0 radical (unpaired) electrons. The van der Waals surface area contributed by atoms with Crippen molar-refractivity contribution in [2.75, 3.05) is 11.9 Å². The summed E-state index contributed by atoms with van der Waals surface area (Å²) in [5.41, 5.74) is 1.83. The van der Waals surface area contributed by atoms with Gasteiger partial charge >= 0.3 is 0 Å². The van der Waals surface area contributed by atoms with Crippen molar-refractivity contribution < 1.29 is 9.90 Å². The number of amides is 1. The predicted octanol–water partition coefficient (Wildman–Crippen LogP) is 3.67. The van der Waals surface area contributed by atoms with E-state index < -0.39 is 5.60 Å². The number of aromatic nitrogens is 3. The average molecular weight is 396 g/mol. The first-order chi connectivity index (χ1) is 14.0. The molecule has 0 bridgehead atoms. The minimum absolute atomic E-state index is 0.0444. The van der Waals surface area contributed by atoms with Gasteiger partial charge in [-0.25, -0.2) is 4.98 Å². The molecule has 0 spiro atoms. The molecule has 154 valence electrons. The molecule has 7 nitrogen and oxygen atoms in total. The number of hydrogen-bond donors (Lipinski definition) is 2. The van der Waals surface area contributed by atoms with Gasteiger partial charge in [0.15, 0.2) is 0 Å². The molecule has 2 aliphatic rings. The van der Waals surface area contributed by atoms with Crippen molar-refractivity contribution in [1.29, 1.82) is 0 Å². The molecule has 29 heavy (non-hydrogen) atoms. The first-order valence-corrected chi connectivity index (χ1v) is 10.6. The fourth-order valence-electron chi connectivity index (χ4n) is 4.59. The minimum Gasteiger partial charge on any atom is -0.389 e. The highest BCUT2D eigenvalue weighted by molar-refractivity contribution is 5.78. The van der Waals surface area contributed by atoms with Gasteiger partial charge in [0.05, 0.1) is 30.0 Å². The summed E-state index contributed by atoms with van der Waals surface area (Å²) < 4.78 is 0. The van der Waals surface area contributed by atoms with Crippen LogP contribution in [0.2, 0.25) is 0 Å². The van der Waals surface area contributed by atoms with E-state index in [1.54, 1.807) is 18.6 Å². The number of aryl methyl sites for hydroxylation is 1. The molecule has 2 fully saturated rings.